The quantitative estimate of drug-likeness (QED) is 0.258. The number of hydrazone groups is 1. The van der Waals surface area contributed by atoms with E-state index < -0.39 is 21.4 Å². The van der Waals surface area contributed by atoms with Crippen LogP contribution in [0.3, 0.4) is 0 Å². The first-order chi connectivity index (χ1) is 8.38. The second kappa shape index (κ2) is 4.95. The molecular weight excluding hydrogens is 246 g/mol. The van der Waals surface area contributed by atoms with Gasteiger partial charge in [-0.1, -0.05) is 0 Å². The minimum atomic E-state index is -1.16. The molecule has 0 radical (unpaired) electrons. The highest BCUT2D eigenvalue weighted by Gasteiger charge is 2.24. The molecule has 0 bridgehead atoms. The monoisotopic (exact) mass is 255 g/mol. The maximum Gasteiger partial charge on any atom is 0.301 e. The van der Waals surface area contributed by atoms with E-state index in [1.807, 2.05) is 0 Å². The van der Waals surface area contributed by atoms with Crippen LogP contribution in [0.5, 0.6) is 5.75 Å². The smallest absolute Gasteiger partial charge is 0.301 e. The van der Waals surface area contributed by atoms with Crippen LogP contribution in [0.4, 0.5) is 11.4 Å². The van der Waals surface area contributed by atoms with Gasteiger partial charge in [0, 0.05) is 17.3 Å². The van der Waals surface area contributed by atoms with E-state index in [1.54, 1.807) is 0 Å². The molecule has 0 saturated heterocycles. The Morgan fingerprint density at radius 3 is 2.50 bits per heavy atom. The minimum Gasteiger partial charge on any atom is -0.398 e. The molecular formula is C8H9N5O5. The van der Waals surface area contributed by atoms with Crippen molar-refractivity contribution in [2.45, 2.75) is 6.92 Å². The number of nitrogens with two attached hydrogens (primary N) is 2. The third-order valence-corrected chi connectivity index (χ3v) is 2.17. The number of nitro benzene ring substituents is 1. The molecule has 10 nitrogen and oxygen atoms in total. The lowest BCUT2D eigenvalue weighted by atomic mass is 10.1. The molecule has 10 heteroatoms. The summed E-state index contributed by atoms with van der Waals surface area (Å²) in [6, 6.07) is 0.974. The molecule has 0 spiro atoms. The fourth-order valence-corrected chi connectivity index (χ4v) is 1.32. The number of nitro groups is 1. The highest BCUT2D eigenvalue weighted by molar-refractivity contribution is 5.90. The van der Waals surface area contributed by atoms with Crippen molar-refractivity contribution < 1.29 is 14.8 Å². The topological polar surface area (TPSA) is 160 Å². The van der Waals surface area contributed by atoms with Gasteiger partial charge >= 0.3 is 5.69 Å². The maximum atomic E-state index is 10.8. The third-order valence-electron chi connectivity index (χ3n) is 2.17. The van der Waals surface area contributed by atoms with Crippen LogP contribution in [0.25, 0.3) is 0 Å². The largest absolute Gasteiger partial charge is 0.398 e. The maximum absolute atomic E-state index is 10.8. The third kappa shape index (κ3) is 2.42. The zero-order valence-electron chi connectivity index (χ0n) is 9.19. The Morgan fingerprint density at radius 2 is 2.06 bits per heavy atom. The van der Waals surface area contributed by atoms with Crippen LogP contribution in [0.1, 0.15) is 11.1 Å². The summed E-state index contributed by atoms with van der Waals surface area (Å²) in [5.41, 5.74) is 5.32. The van der Waals surface area contributed by atoms with Gasteiger partial charge in [-0.15, -0.1) is 10.1 Å². The van der Waals surface area contributed by atoms with Gasteiger partial charge in [0.25, 0.3) is 5.09 Å². The fourth-order valence-electron chi connectivity index (χ4n) is 1.32. The number of benzene rings is 1. The first-order valence-electron chi connectivity index (χ1n) is 4.51. The van der Waals surface area contributed by atoms with Crippen molar-refractivity contribution in [3.8, 4) is 5.75 Å². The van der Waals surface area contributed by atoms with Crippen LogP contribution in [0.15, 0.2) is 11.2 Å². The van der Waals surface area contributed by atoms with Gasteiger partial charge < -0.3 is 11.6 Å². The molecule has 0 unspecified atom stereocenters. The lowest BCUT2D eigenvalue weighted by molar-refractivity contribution is -0.711. The zero-order chi connectivity index (χ0) is 13.9. The Kier molecular flexibility index (Phi) is 3.62. The predicted octanol–water partition coefficient (Wildman–Crippen LogP) is 0.349. The normalized spacial score (nSPS) is 10.5. The van der Waals surface area contributed by atoms with E-state index in [-0.39, 0.29) is 11.3 Å². The Bertz CT molecular complexity index is 541. The van der Waals surface area contributed by atoms with E-state index in [4.69, 9.17) is 11.6 Å². The molecule has 0 amide bonds. The van der Waals surface area contributed by atoms with Gasteiger partial charge in [-0.05, 0) is 12.5 Å². The number of anilines is 1. The van der Waals surface area contributed by atoms with Crippen LogP contribution >= 0.6 is 0 Å². The molecule has 1 aromatic rings. The summed E-state index contributed by atoms with van der Waals surface area (Å²) < 4.78 is 0. The zero-order valence-corrected chi connectivity index (χ0v) is 9.19. The molecule has 1 rings (SSSR count). The van der Waals surface area contributed by atoms with E-state index in [0.717, 1.165) is 12.3 Å². The average molecular weight is 255 g/mol. The van der Waals surface area contributed by atoms with E-state index in [9.17, 15) is 20.2 Å². The van der Waals surface area contributed by atoms with Crippen LogP contribution in [-0.4, -0.2) is 16.2 Å². The van der Waals surface area contributed by atoms with Gasteiger partial charge in [-0.25, -0.2) is 0 Å². The molecule has 1 aromatic carbocycles. The van der Waals surface area contributed by atoms with Crippen LogP contribution in [-0.2, 0) is 0 Å². The highest BCUT2D eigenvalue weighted by Crippen LogP contribution is 2.35. The van der Waals surface area contributed by atoms with Gasteiger partial charge in [0.2, 0.25) is 5.75 Å². The van der Waals surface area contributed by atoms with E-state index >= 15 is 0 Å². The molecule has 0 saturated carbocycles. The number of nitrogen functional groups attached to an aromatic ring is 1. The molecule has 0 aromatic heterocycles. The van der Waals surface area contributed by atoms with Crippen LogP contribution in [0, 0.1) is 27.2 Å². The molecule has 18 heavy (non-hydrogen) atoms. The number of rotatable bonds is 4. The Balaban J connectivity index is 3.62. The predicted molar refractivity (Wildman–Crippen MR) is 61.6 cm³/mol. The second-order valence-corrected chi connectivity index (χ2v) is 3.20. The number of hydrogen-bond donors (Lipinski definition) is 2. The summed E-state index contributed by atoms with van der Waals surface area (Å²) >= 11 is 0. The summed E-state index contributed by atoms with van der Waals surface area (Å²) in [7, 11) is 0. The Morgan fingerprint density at radius 1 is 1.44 bits per heavy atom. The van der Waals surface area contributed by atoms with E-state index in [2.05, 4.69) is 9.94 Å². The minimum absolute atomic E-state index is 0.0131. The summed E-state index contributed by atoms with van der Waals surface area (Å²) in [5.74, 6) is 4.37. The summed E-state index contributed by atoms with van der Waals surface area (Å²) in [5, 5.41) is 23.2. The van der Waals surface area contributed by atoms with Crippen molar-refractivity contribution >= 4 is 17.6 Å². The summed E-state index contributed by atoms with van der Waals surface area (Å²) in [6.45, 7) is 1.50. The van der Waals surface area contributed by atoms with Crippen LogP contribution in [0.2, 0.25) is 0 Å². The lowest BCUT2D eigenvalue weighted by Crippen LogP contribution is -2.10. The summed E-state index contributed by atoms with van der Waals surface area (Å²) in [4.78, 5) is 24.5. The van der Waals surface area contributed by atoms with Crippen molar-refractivity contribution in [1.29, 1.82) is 0 Å². The molecule has 0 atom stereocenters. The molecule has 96 valence electrons. The summed E-state index contributed by atoms with van der Waals surface area (Å²) in [6.07, 6.45) is 0.998. The Labute approximate surface area is 100 Å². The average Bonchev–Trinajstić information content (AvgIpc) is 2.27. The van der Waals surface area contributed by atoms with E-state index in [0.29, 0.717) is 5.56 Å². The lowest BCUT2D eigenvalue weighted by Gasteiger charge is -2.09. The van der Waals surface area contributed by atoms with Crippen molar-refractivity contribution in [3.05, 3.63) is 37.4 Å². The molecule has 0 heterocycles. The van der Waals surface area contributed by atoms with Gasteiger partial charge in [0.15, 0.2) is 0 Å². The molecule has 0 fully saturated rings. The first-order valence-corrected chi connectivity index (χ1v) is 4.51. The van der Waals surface area contributed by atoms with Crippen molar-refractivity contribution in [2.24, 2.45) is 10.9 Å². The standard InChI is InChI=1S/C8H9N5O5/c1-4-5(3-11-10)8(18-13(16)17)7(12(14)15)2-6(4)9/h2-3H,9-10H2,1H3/b11-3+. The number of nitrogens with zero attached hydrogens (tertiary/aromatic N) is 3. The van der Waals surface area contributed by atoms with Crippen LogP contribution < -0.4 is 16.4 Å². The fraction of sp³-hybridized carbons (Fsp3) is 0.125. The Hall–Kier alpha value is -2.91. The highest BCUT2D eigenvalue weighted by atomic mass is 17.0. The van der Waals surface area contributed by atoms with Gasteiger partial charge in [-0.3, -0.25) is 15.0 Å². The van der Waals surface area contributed by atoms with Crippen molar-refractivity contribution in [3.63, 3.8) is 0 Å². The second-order valence-electron chi connectivity index (χ2n) is 3.20. The van der Waals surface area contributed by atoms with Gasteiger partial charge in [0.1, 0.15) is 0 Å². The molecule has 4 N–H and O–H groups in total. The SMILES string of the molecule is Cc1c(N)cc([N+](=O)[O-])c(O[N+](=O)[O-])c1/C=N/N. The molecule has 0 aliphatic heterocycles. The molecule has 0 aliphatic carbocycles. The molecule has 0 aliphatic rings. The van der Waals surface area contributed by atoms with Gasteiger partial charge in [-0.2, -0.15) is 5.10 Å². The van der Waals surface area contributed by atoms with Crippen molar-refractivity contribution in [1.82, 2.24) is 0 Å². The van der Waals surface area contributed by atoms with Crippen molar-refractivity contribution in [2.75, 3.05) is 5.73 Å². The van der Waals surface area contributed by atoms with E-state index in [1.165, 1.54) is 6.92 Å². The van der Waals surface area contributed by atoms with Gasteiger partial charge in [0.05, 0.1) is 11.1 Å². The first kappa shape index (κ1) is 13.2. The number of hydrogen-bond acceptors (Lipinski definition) is 8.